The summed E-state index contributed by atoms with van der Waals surface area (Å²) in [6, 6.07) is 12.4. The zero-order valence-corrected chi connectivity index (χ0v) is 13.2. The van der Waals surface area contributed by atoms with Crippen molar-refractivity contribution in [3.8, 4) is 0 Å². The van der Waals surface area contributed by atoms with Crippen LogP contribution in [0.5, 0.6) is 0 Å². The highest BCUT2D eigenvalue weighted by atomic mass is 19.1. The van der Waals surface area contributed by atoms with Gasteiger partial charge in [0.1, 0.15) is 5.82 Å². The summed E-state index contributed by atoms with van der Waals surface area (Å²) in [4.78, 5) is 14.4. The van der Waals surface area contributed by atoms with Crippen LogP contribution in [0.3, 0.4) is 0 Å². The molecule has 0 radical (unpaired) electrons. The van der Waals surface area contributed by atoms with Crippen molar-refractivity contribution >= 4 is 28.5 Å². The summed E-state index contributed by atoms with van der Waals surface area (Å²) < 4.78 is 13.4. The summed E-state index contributed by atoms with van der Waals surface area (Å²) in [6.07, 6.45) is 4.12. The van der Waals surface area contributed by atoms with Crippen molar-refractivity contribution in [3.05, 3.63) is 60.0 Å². The lowest BCUT2D eigenvalue weighted by atomic mass is 10.1. The van der Waals surface area contributed by atoms with Crippen molar-refractivity contribution < 1.29 is 9.18 Å². The minimum atomic E-state index is -0.355. The van der Waals surface area contributed by atoms with Crippen molar-refractivity contribution in [2.24, 2.45) is 0 Å². The Hall–Kier alpha value is -2.82. The maximum absolute atomic E-state index is 13.4. The Morgan fingerprint density at radius 1 is 1.08 bits per heavy atom. The summed E-state index contributed by atoms with van der Waals surface area (Å²) in [5.41, 5.74) is 3.77. The molecule has 0 aliphatic carbocycles. The van der Waals surface area contributed by atoms with Gasteiger partial charge in [0.25, 0.3) is 5.91 Å². The van der Waals surface area contributed by atoms with E-state index < -0.39 is 0 Å². The van der Waals surface area contributed by atoms with Gasteiger partial charge in [0, 0.05) is 41.9 Å². The van der Waals surface area contributed by atoms with E-state index in [1.165, 1.54) is 30.7 Å². The lowest BCUT2D eigenvalue weighted by Gasteiger charge is -2.17. The van der Waals surface area contributed by atoms with Gasteiger partial charge < -0.3 is 15.5 Å². The van der Waals surface area contributed by atoms with Crippen LogP contribution in [0.2, 0.25) is 0 Å². The third-order valence-electron chi connectivity index (χ3n) is 4.49. The van der Waals surface area contributed by atoms with Crippen LogP contribution >= 0.6 is 0 Å². The fraction of sp³-hybridized carbons (Fsp3) is 0.211. The van der Waals surface area contributed by atoms with Gasteiger partial charge in [-0.05, 0) is 55.3 Å². The number of nitrogens with one attached hydrogen (secondary N) is 2. The van der Waals surface area contributed by atoms with Gasteiger partial charge in [0.2, 0.25) is 0 Å². The van der Waals surface area contributed by atoms with E-state index in [0.29, 0.717) is 16.8 Å². The number of nitrogens with zero attached hydrogens (tertiary/aromatic N) is 1. The fourth-order valence-electron chi connectivity index (χ4n) is 3.20. The molecule has 1 fully saturated rings. The predicted molar refractivity (Wildman–Crippen MR) is 94.5 cm³/mol. The molecule has 4 rings (SSSR count). The average Bonchev–Trinajstić information content (AvgIpc) is 3.21. The minimum absolute atomic E-state index is 0.225. The number of halogens is 1. The largest absolute Gasteiger partial charge is 0.372 e. The van der Waals surface area contributed by atoms with Crippen LogP contribution in [0, 0.1) is 5.82 Å². The SMILES string of the molecule is O=C1Nc2ccc(F)cc2/C1=C\Nc1ccc(N2CCCC2)cc1. The van der Waals surface area contributed by atoms with Gasteiger partial charge in [-0.2, -0.15) is 0 Å². The van der Waals surface area contributed by atoms with E-state index in [1.54, 1.807) is 12.3 Å². The summed E-state index contributed by atoms with van der Waals surface area (Å²) in [5.74, 6) is -0.581. The Kier molecular flexibility index (Phi) is 3.69. The molecule has 0 unspecified atom stereocenters. The normalized spacial score (nSPS) is 18.0. The molecule has 2 N–H and O–H groups in total. The first-order valence-corrected chi connectivity index (χ1v) is 8.14. The molecule has 1 amide bonds. The number of rotatable bonds is 3. The molecule has 2 aromatic carbocycles. The number of hydrogen-bond donors (Lipinski definition) is 2. The summed E-state index contributed by atoms with van der Waals surface area (Å²) in [7, 11) is 0. The van der Waals surface area contributed by atoms with E-state index >= 15 is 0 Å². The van der Waals surface area contributed by atoms with Crippen molar-refractivity contribution in [3.63, 3.8) is 0 Å². The fourth-order valence-corrected chi connectivity index (χ4v) is 3.20. The molecule has 122 valence electrons. The van der Waals surface area contributed by atoms with Crippen LogP contribution in [0.1, 0.15) is 18.4 Å². The summed E-state index contributed by atoms with van der Waals surface area (Å²) in [6.45, 7) is 2.22. The van der Waals surface area contributed by atoms with Crippen LogP contribution in [-0.4, -0.2) is 19.0 Å². The zero-order valence-electron chi connectivity index (χ0n) is 13.2. The second-order valence-electron chi connectivity index (χ2n) is 6.09. The van der Waals surface area contributed by atoms with E-state index in [1.807, 2.05) is 12.1 Å². The molecule has 2 aliphatic heterocycles. The maximum Gasteiger partial charge on any atom is 0.257 e. The van der Waals surface area contributed by atoms with Gasteiger partial charge >= 0.3 is 0 Å². The van der Waals surface area contributed by atoms with Crippen LogP contribution in [0.15, 0.2) is 48.7 Å². The quantitative estimate of drug-likeness (QED) is 0.844. The Morgan fingerprint density at radius 2 is 1.83 bits per heavy atom. The molecule has 0 bridgehead atoms. The Bertz CT molecular complexity index is 808. The molecule has 24 heavy (non-hydrogen) atoms. The van der Waals surface area contributed by atoms with Gasteiger partial charge in [-0.1, -0.05) is 0 Å². The molecule has 2 aromatic rings. The van der Waals surface area contributed by atoms with Crippen molar-refractivity contribution in [2.45, 2.75) is 12.8 Å². The van der Waals surface area contributed by atoms with E-state index in [4.69, 9.17) is 0 Å². The topological polar surface area (TPSA) is 44.4 Å². The van der Waals surface area contributed by atoms with Crippen LogP contribution in [0.4, 0.5) is 21.5 Å². The molecular formula is C19H18FN3O. The van der Waals surface area contributed by atoms with Gasteiger partial charge in [-0.3, -0.25) is 4.79 Å². The maximum atomic E-state index is 13.4. The Balaban J connectivity index is 1.53. The van der Waals surface area contributed by atoms with E-state index in [-0.39, 0.29) is 11.7 Å². The highest BCUT2D eigenvalue weighted by Crippen LogP contribution is 2.32. The number of carbonyl (C=O) groups is 1. The molecule has 1 saturated heterocycles. The molecule has 2 aliphatic rings. The monoisotopic (exact) mass is 323 g/mol. The second kappa shape index (κ2) is 6.00. The molecule has 5 heteroatoms. The zero-order chi connectivity index (χ0) is 16.5. The third-order valence-corrected chi connectivity index (χ3v) is 4.49. The number of benzene rings is 2. The summed E-state index contributed by atoms with van der Waals surface area (Å²) in [5, 5.41) is 5.87. The second-order valence-corrected chi connectivity index (χ2v) is 6.09. The number of amides is 1. The molecule has 4 nitrogen and oxygen atoms in total. The molecular weight excluding hydrogens is 305 g/mol. The number of anilines is 3. The smallest absolute Gasteiger partial charge is 0.257 e. The van der Waals surface area contributed by atoms with E-state index in [0.717, 1.165) is 18.8 Å². The van der Waals surface area contributed by atoms with Gasteiger partial charge in [0.05, 0.1) is 5.57 Å². The van der Waals surface area contributed by atoms with E-state index in [9.17, 15) is 9.18 Å². The highest BCUT2D eigenvalue weighted by Gasteiger charge is 2.24. The first kappa shape index (κ1) is 14.8. The first-order chi connectivity index (χ1) is 11.7. The Labute approximate surface area is 140 Å². The van der Waals surface area contributed by atoms with Gasteiger partial charge in [-0.15, -0.1) is 0 Å². The Morgan fingerprint density at radius 3 is 2.58 bits per heavy atom. The molecule has 2 heterocycles. The van der Waals surface area contributed by atoms with Crippen molar-refractivity contribution in [2.75, 3.05) is 28.6 Å². The van der Waals surface area contributed by atoms with E-state index in [2.05, 4.69) is 27.7 Å². The number of carbonyl (C=O) groups excluding carboxylic acids is 1. The van der Waals surface area contributed by atoms with Gasteiger partial charge in [0.15, 0.2) is 0 Å². The summed E-state index contributed by atoms with van der Waals surface area (Å²) >= 11 is 0. The lowest BCUT2D eigenvalue weighted by molar-refractivity contribution is -0.110. The van der Waals surface area contributed by atoms with Crippen LogP contribution in [0.25, 0.3) is 5.57 Å². The van der Waals surface area contributed by atoms with Crippen LogP contribution in [-0.2, 0) is 4.79 Å². The third kappa shape index (κ3) is 2.73. The minimum Gasteiger partial charge on any atom is -0.372 e. The average molecular weight is 323 g/mol. The highest BCUT2D eigenvalue weighted by molar-refractivity contribution is 6.31. The van der Waals surface area contributed by atoms with Crippen molar-refractivity contribution in [1.29, 1.82) is 0 Å². The van der Waals surface area contributed by atoms with Crippen LogP contribution < -0.4 is 15.5 Å². The molecule has 0 aromatic heterocycles. The molecule has 0 atom stereocenters. The molecule has 0 saturated carbocycles. The standard InChI is InChI=1S/C19H18FN3O/c20-13-3-8-18-16(11-13)17(19(24)22-18)12-21-14-4-6-15(7-5-14)23-9-1-2-10-23/h3-8,11-12,21H,1-2,9-10H2,(H,22,24)/b17-12+. The number of hydrogen-bond acceptors (Lipinski definition) is 3. The first-order valence-electron chi connectivity index (χ1n) is 8.14. The lowest BCUT2D eigenvalue weighted by Crippen LogP contribution is -2.17. The van der Waals surface area contributed by atoms with Crippen molar-refractivity contribution in [1.82, 2.24) is 0 Å². The number of fused-ring (bicyclic) bond motifs is 1. The predicted octanol–water partition coefficient (Wildman–Crippen LogP) is 3.83. The van der Waals surface area contributed by atoms with Gasteiger partial charge in [-0.25, -0.2) is 4.39 Å². The molecule has 0 spiro atoms.